The molecule has 2 amide bonds. The molecule has 0 spiro atoms. The van der Waals surface area contributed by atoms with Gasteiger partial charge in [-0.3, -0.25) is 13.9 Å². The van der Waals surface area contributed by atoms with E-state index in [1.807, 2.05) is 20.8 Å². The summed E-state index contributed by atoms with van der Waals surface area (Å²) in [5.74, 6) is -0.256. The molecule has 0 aliphatic heterocycles. The van der Waals surface area contributed by atoms with Crippen molar-refractivity contribution < 1.29 is 22.7 Å². The second kappa shape index (κ2) is 14.6. The maximum atomic E-state index is 14.1. The van der Waals surface area contributed by atoms with E-state index >= 15 is 0 Å². The summed E-state index contributed by atoms with van der Waals surface area (Å²) in [6, 6.07) is 18.5. The van der Waals surface area contributed by atoms with E-state index in [-0.39, 0.29) is 39.1 Å². The molecular weight excluding hydrogens is 585 g/mol. The van der Waals surface area contributed by atoms with Gasteiger partial charge in [0.25, 0.3) is 10.0 Å². The lowest BCUT2D eigenvalue weighted by Gasteiger charge is -2.34. The highest BCUT2D eigenvalue weighted by Crippen LogP contribution is 2.35. The molecule has 0 aromatic heterocycles. The SMILES string of the molecule is CC[C@H](C(=O)N[C@@H](C)CC)N(Cc1ccc(OC)cc1)C(=O)CN(c1cccc(Cl)c1Cl)S(=O)(=O)c1ccccc1. The van der Waals surface area contributed by atoms with Gasteiger partial charge >= 0.3 is 0 Å². The fraction of sp³-hybridized carbons (Fsp3) is 0.333. The molecule has 3 aromatic carbocycles. The number of nitrogens with one attached hydrogen (secondary N) is 1. The Kier molecular flexibility index (Phi) is 11.5. The minimum Gasteiger partial charge on any atom is -0.497 e. The number of hydrogen-bond acceptors (Lipinski definition) is 5. The summed E-state index contributed by atoms with van der Waals surface area (Å²) in [6.07, 6.45) is 1.03. The van der Waals surface area contributed by atoms with Gasteiger partial charge in [-0.2, -0.15) is 0 Å². The molecule has 0 heterocycles. The first kappa shape index (κ1) is 32.2. The van der Waals surface area contributed by atoms with Gasteiger partial charge in [-0.25, -0.2) is 8.42 Å². The van der Waals surface area contributed by atoms with Gasteiger partial charge in [0.1, 0.15) is 18.3 Å². The predicted molar refractivity (Wildman–Crippen MR) is 163 cm³/mol. The van der Waals surface area contributed by atoms with Crippen molar-refractivity contribution in [1.29, 1.82) is 0 Å². The summed E-state index contributed by atoms with van der Waals surface area (Å²) in [4.78, 5) is 28.9. The zero-order valence-corrected chi connectivity index (χ0v) is 25.8. The second-order valence-electron chi connectivity index (χ2n) is 9.51. The Morgan fingerprint density at radius 1 is 0.927 bits per heavy atom. The number of methoxy groups -OCH3 is 1. The number of ether oxygens (including phenoxy) is 1. The van der Waals surface area contributed by atoms with Crippen molar-refractivity contribution in [2.24, 2.45) is 0 Å². The largest absolute Gasteiger partial charge is 0.497 e. The molecule has 0 aliphatic rings. The topological polar surface area (TPSA) is 96.0 Å². The van der Waals surface area contributed by atoms with Gasteiger partial charge in [0.15, 0.2) is 0 Å². The van der Waals surface area contributed by atoms with Crippen molar-refractivity contribution in [3.8, 4) is 5.75 Å². The number of nitrogens with zero attached hydrogens (tertiary/aromatic N) is 2. The van der Waals surface area contributed by atoms with Gasteiger partial charge in [0.05, 0.1) is 27.7 Å². The molecular formula is C30H35Cl2N3O5S. The first-order valence-electron chi connectivity index (χ1n) is 13.3. The molecule has 220 valence electrons. The van der Waals surface area contributed by atoms with Crippen molar-refractivity contribution in [2.45, 2.75) is 57.1 Å². The van der Waals surface area contributed by atoms with Crippen LogP contribution in [0.25, 0.3) is 0 Å². The predicted octanol–water partition coefficient (Wildman–Crippen LogP) is 5.92. The number of anilines is 1. The standard InChI is InChI=1S/C30H35Cl2N3O5S/c1-5-21(3)33-30(37)26(6-2)34(19-22-15-17-23(40-4)18-16-22)28(36)20-35(27-14-10-13-25(31)29(27)32)41(38,39)24-11-8-7-9-12-24/h7-18,21,26H,5-6,19-20H2,1-4H3,(H,33,37)/t21-,26+/m0/s1. The highest BCUT2D eigenvalue weighted by atomic mass is 35.5. The molecule has 41 heavy (non-hydrogen) atoms. The van der Waals surface area contributed by atoms with Crippen LogP contribution in [-0.4, -0.2) is 50.9 Å². The molecule has 0 saturated heterocycles. The van der Waals surface area contributed by atoms with Crippen molar-refractivity contribution in [1.82, 2.24) is 10.2 Å². The fourth-order valence-corrected chi connectivity index (χ4v) is 6.10. The first-order valence-corrected chi connectivity index (χ1v) is 15.5. The van der Waals surface area contributed by atoms with Crippen LogP contribution < -0.4 is 14.4 Å². The summed E-state index contributed by atoms with van der Waals surface area (Å²) >= 11 is 12.7. The van der Waals surface area contributed by atoms with Gasteiger partial charge < -0.3 is 15.0 Å². The second-order valence-corrected chi connectivity index (χ2v) is 12.2. The van der Waals surface area contributed by atoms with E-state index in [1.165, 1.54) is 29.2 Å². The molecule has 0 unspecified atom stereocenters. The lowest BCUT2D eigenvalue weighted by atomic mass is 10.1. The number of benzene rings is 3. The highest BCUT2D eigenvalue weighted by Gasteiger charge is 2.34. The number of hydrogen-bond donors (Lipinski definition) is 1. The van der Waals surface area contributed by atoms with Gasteiger partial charge in [0, 0.05) is 12.6 Å². The lowest BCUT2D eigenvalue weighted by Crippen LogP contribution is -2.53. The quantitative estimate of drug-likeness (QED) is 0.256. The van der Waals surface area contributed by atoms with Crippen molar-refractivity contribution in [2.75, 3.05) is 18.0 Å². The molecule has 3 rings (SSSR count). The van der Waals surface area contributed by atoms with Crippen LogP contribution in [0.5, 0.6) is 5.75 Å². The number of carbonyl (C=O) groups is 2. The Morgan fingerprint density at radius 3 is 2.17 bits per heavy atom. The molecule has 0 radical (unpaired) electrons. The third kappa shape index (κ3) is 7.93. The van der Waals surface area contributed by atoms with Gasteiger partial charge in [-0.15, -0.1) is 0 Å². The van der Waals surface area contributed by atoms with E-state index in [1.54, 1.807) is 55.6 Å². The minimum atomic E-state index is -4.25. The van der Waals surface area contributed by atoms with Crippen LogP contribution in [0, 0.1) is 0 Å². The maximum absolute atomic E-state index is 14.1. The average Bonchev–Trinajstić information content (AvgIpc) is 2.97. The fourth-order valence-electron chi connectivity index (χ4n) is 4.21. The molecule has 1 N–H and O–H groups in total. The summed E-state index contributed by atoms with van der Waals surface area (Å²) < 4.78 is 34.0. The zero-order valence-electron chi connectivity index (χ0n) is 23.5. The van der Waals surface area contributed by atoms with E-state index < -0.39 is 28.5 Å². The van der Waals surface area contributed by atoms with Crippen LogP contribution in [0.2, 0.25) is 10.0 Å². The van der Waals surface area contributed by atoms with Crippen LogP contribution in [0.1, 0.15) is 39.2 Å². The molecule has 0 bridgehead atoms. The summed E-state index contributed by atoms with van der Waals surface area (Å²) in [5.41, 5.74) is 0.796. The van der Waals surface area contributed by atoms with E-state index in [0.29, 0.717) is 18.6 Å². The summed E-state index contributed by atoms with van der Waals surface area (Å²) in [5, 5.41) is 3.08. The van der Waals surface area contributed by atoms with Crippen molar-refractivity contribution in [3.05, 3.63) is 88.4 Å². The van der Waals surface area contributed by atoms with Crippen LogP contribution in [0.15, 0.2) is 77.7 Å². The monoisotopic (exact) mass is 619 g/mol. The Morgan fingerprint density at radius 2 is 1.59 bits per heavy atom. The van der Waals surface area contributed by atoms with Crippen LogP contribution in [-0.2, 0) is 26.2 Å². The van der Waals surface area contributed by atoms with Crippen LogP contribution in [0.4, 0.5) is 5.69 Å². The van der Waals surface area contributed by atoms with Crippen molar-refractivity contribution >= 4 is 50.7 Å². The number of sulfonamides is 1. The maximum Gasteiger partial charge on any atom is 0.264 e. The van der Waals surface area contributed by atoms with E-state index in [2.05, 4.69) is 5.32 Å². The molecule has 0 aliphatic carbocycles. The van der Waals surface area contributed by atoms with Gasteiger partial charge in [-0.1, -0.05) is 73.4 Å². The normalized spacial score (nSPS) is 12.7. The van der Waals surface area contributed by atoms with Gasteiger partial charge in [0.2, 0.25) is 11.8 Å². The third-order valence-electron chi connectivity index (χ3n) is 6.71. The molecule has 0 saturated carbocycles. The number of rotatable bonds is 13. The number of halogens is 2. The Bertz CT molecular complexity index is 1440. The average molecular weight is 621 g/mol. The first-order chi connectivity index (χ1) is 19.5. The number of amides is 2. The smallest absolute Gasteiger partial charge is 0.264 e. The van der Waals surface area contributed by atoms with Crippen molar-refractivity contribution in [3.63, 3.8) is 0 Å². The van der Waals surface area contributed by atoms with Gasteiger partial charge in [-0.05, 0) is 61.7 Å². The molecule has 8 nitrogen and oxygen atoms in total. The third-order valence-corrected chi connectivity index (χ3v) is 9.29. The number of carbonyl (C=O) groups excluding carboxylic acids is 2. The Hall–Kier alpha value is -3.27. The van der Waals surface area contributed by atoms with E-state index in [0.717, 1.165) is 9.87 Å². The summed E-state index contributed by atoms with van der Waals surface area (Å²) in [7, 11) is -2.70. The van der Waals surface area contributed by atoms with E-state index in [4.69, 9.17) is 27.9 Å². The zero-order chi connectivity index (χ0) is 30.2. The minimum absolute atomic E-state index is 0.00951. The lowest BCUT2D eigenvalue weighted by molar-refractivity contribution is -0.140. The molecule has 2 atom stereocenters. The molecule has 3 aromatic rings. The van der Waals surface area contributed by atoms with Crippen LogP contribution >= 0.6 is 23.2 Å². The highest BCUT2D eigenvalue weighted by molar-refractivity contribution is 7.92. The molecule has 11 heteroatoms. The molecule has 0 fully saturated rings. The van der Waals surface area contributed by atoms with Crippen LogP contribution in [0.3, 0.4) is 0 Å². The Balaban J connectivity index is 2.08. The summed E-state index contributed by atoms with van der Waals surface area (Å²) in [6.45, 7) is 5.10. The Labute approximate surface area is 252 Å². The van der Waals surface area contributed by atoms with E-state index in [9.17, 15) is 18.0 Å².